The Morgan fingerprint density at radius 2 is 1.60 bits per heavy atom. The van der Waals surface area contributed by atoms with E-state index in [1.165, 1.54) is 6.07 Å². The first-order valence-corrected chi connectivity index (χ1v) is 6.32. The van der Waals surface area contributed by atoms with Crippen LogP contribution < -0.4 is 5.63 Å². The van der Waals surface area contributed by atoms with Gasteiger partial charge in [-0.25, -0.2) is 4.79 Å². The number of aromatic hydroxyl groups is 1. The lowest BCUT2D eigenvalue weighted by molar-refractivity contribution is 0.478. The summed E-state index contributed by atoms with van der Waals surface area (Å²) in [5.41, 5.74) is 0.0492. The predicted molar refractivity (Wildman–Crippen MR) is 79.2 cm³/mol. The minimum atomic E-state index is -0.512. The van der Waals surface area contributed by atoms with Gasteiger partial charge in [0.25, 0.3) is 0 Å². The van der Waals surface area contributed by atoms with Crippen molar-refractivity contribution in [1.29, 1.82) is 0 Å². The summed E-state index contributed by atoms with van der Waals surface area (Å²) in [4.78, 5) is 12.1. The van der Waals surface area contributed by atoms with Gasteiger partial charge in [0.05, 0.1) is 0 Å². The maximum atomic E-state index is 12.1. The molecule has 3 heteroatoms. The molecule has 96 valence electrons. The van der Waals surface area contributed by atoms with Crippen molar-refractivity contribution in [1.82, 2.24) is 0 Å². The molecule has 3 aromatic carbocycles. The lowest BCUT2D eigenvalue weighted by atomic mass is 10.0. The first kappa shape index (κ1) is 11.1. The van der Waals surface area contributed by atoms with Crippen LogP contribution >= 0.6 is 0 Å². The number of fused-ring (bicyclic) bond motifs is 5. The standard InChI is InChI=1S/C17H10O3/c18-14-7-3-6-12-13-9-8-10-4-1-2-5-11(10)16(13)20-17(19)15(12)14/h1-9,18H. The van der Waals surface area contributed by atoms with E-state index < -0.39 is 5.63 Å². The molecule has 0 radical (unpaired) electrons. The summed E-state index contributed by atoms with van der Waals surface area (Å²) in [5, 5.41) is 13.5. The number of hydrogen-bond donors (Lipinski definition) is 1. The second-order valence-corrected chi connectivity index (χ2v) is 4.75. The van der Waals surface area contributed by atoms with Gasteiger partial charge in [0.2, 0.25) is 0 Å². The highest BCUT2D eigenvalue weighted by Gasteiger charge is 2.12. The zero-order chi connectivity index (χ0) is 13.7. The van der Waals surface area contributed by atoms with E-state index in [0.717, 1.165) is 16.2 Å². The Balaban J connectivity index is 2.37. The van der Waals surface area contributed by atoms with Gasteiger partial charge in [-0.1, -0.05) is 42.5 Å². The molecular formula is C17H10O3. The summed E-state index contributed by atoms with van der Waals surface area (Å²) in [7, 11) is 0. The van der Waals surface area contributed by atoms with Crippen LogP contribution in [0.25, 0.3) is 32.5 Å². The third kappa shape index (κ3) is 1.37. The van der Waals surface area contributed by atoms with E-state index in [2.05, 4.69) is 0 Å². The van der Waals surface area contributed by atoms with Gasteiger partial charge in [0.15, 0.2) is 0 Å². The zero-order valence-corrected chi connectivity index (χ0v) is 10.5. The molecule has 3 nitrogen and oxygen atoms in total. The van der Waals surface area contributed by atoms with Crippen molar-refractivity contribution in [2.45, 2.75) is 0 Å². The lowest BCUT2D eigenvalue weighted by Crippen LogP contribution is -2.00. The Kier molecular flexibility index (Phi) is 2.12. The number of rotatable bonds is 0. The predicted octanol–water partition coefficient (Wildman–Crippen LogP) is 3.81. The highest BCUT2D eigenvalue weighted by atomic mass is 16.4. The third-order valence-electron chi connectivity index (χ3n) is 3.61. The van der Waals surface area contributed by atoms with Gasteiger partial charge < -0.3 is 9.52 Å². The van der Waals surface area contributed by atoms with Crippen molar-refractivity contribution >= 4 is 32.5 Å². The van der Waals surface area contributed by atoms with Crippen LogP contribution in [0.5, 0.6) is 5.75 Å². The number of hydrogen-bond acceptors (Lipinski definition) is 3. The van der Waals surface area contributed by atoms with Crippen LogP contribution in [-0.4, -0.2) is 5.11 Å². The molecule has 0 aliphatic carbocycles. The van der Waals surface area contributed by atoms with Crippen LogP contribution in [-0.2, 0) is 0 Å². The summed E-state index contributed by atoms with van der Waals surface area (Å²) in [5.74, 6) is -0.0497. The average molecular weight is 262 g/mol. The SMILES string of the molecule is O=c1oc2c3ccccc3ccc2c2cccc(O)c12. The zero-order valence-electron chi connectivity index (χ0n) is 10.5. The van der Waals surface area contributed by atoms with E-state index in [-0.39, 0.29) is 11.1 Å². The van der Waals surface area contributed by atoms with Crippen LogP contribution in [0.1, 0.15) is 0 Å². The van der Waals surface area contributed by atoms with Gasteiger partial charge in [-0.05, 0) is 17.5 Å². The minimum Gasteiger partial charge on any atom is -0.507 e. The molecule has 0 aliphatic heterocycles. The Morgan fingerprint density at radius 3 is 2.50 bits per heavy atom. The van der Waals surface area contributed by atoms with Crippen molar-refractivity contribution in [2.24, 2.45) is 0 Å². The first-order valence-electron chi connectivity index (χ1n) is 6.32. The van der Waals surface area contributed by atoms with Gasteiger partial charge in [0, 0.05) is 16.2 Å². The van der Waals surface area contributed by atoms with Crippen molar-refractivity contribution in [3.63, 3.8) is 0 Å². The van der Waals surface area contributed by atoms with Gasteiger partial charge in [0.1, 0.15) is 16.7 Å². The van der Waals surface area contributed by atoms with Crippen LogP contribution in [0, 0.1) is 0 Å². The average Bonchev–Trinajstić information content (AvgIpc) is 2.47. The molecule has 0 saturated heterocycles. The van der Waals surface area contributed by atoms with E-state index >= 15 is 0 Å². The van der Waals surface area contributed by atoms with Gasteiger partial charge in [-0.2, -0.15) is 0 Å². The molecular weight excluding hydrogens is 252 g/mol. The van der Waals surface area contributed by atoms with Crippen LogP contribution in [0.15, 0.2) is 63.8 Å². The highest BCUT2D eigenvalue weighted by Crippen LogP contribution is 2.31. The second-order valence-electron chi connectivity index (χ2n) is 4.75. The number of benzene rings is 3. The Morgan fingerprint density at radius 1 is 0.800 bits per heavy atom. The third-order valence-corrected chi connectivity index (χ3v) is 3.61. The molecule has 0 fully saturated rings. The summed E-state index contributed by atoms with van der Waals surface area (Å²) >= 11 is 0. The summed E-state index contributed by atoms with van der Waals surface area (Å²) in [6, 6.07) is 16.7. The van der Waals surface area contributed by atoms with Gasteiger partial charge >= 0.3 is 5.63 Å². The molecule has 0 aliphatic rings. The smallest absolute Gasteiger partial charge is 0.348 e. The molecule has 20 heavy (non-hydrogen) atoms. The maximum Gasteiger partial charge on any atom is 0.348 e. The normalized spacial score (nSPS) is 11.4. The van der Waals surface area contributed by atoms with Crippen LogP contribution in [0.4, 0.5) is 0 Å². The molecule has 0 atom stereocenters. The maximum absolute atomic E-state index is 12.1. The van der Waals surface area contributed by atoms with Crippen molar-refractivity contribution < 1.29 is 9.52 Å². The second kappa shape index (κ2) is 3.84. The van der Waals surface area contributed by atoms with E-state index in [1.54, 1.807) is 6.07 Å². The summed E-state index contributed by atoms with van der Waals surface area (Å²) < 4.78 is 5.45. The molecule has 0 spiro atoms. The van der Waals surface area contributed by atoms with Crippen molar-refractivity contribution in [3.8, 4) is 5.75 Å². The molecule has 4 aromatic rings. The number of phenolic OH excluding ortho intramolecular Hbond substituents is 1. The van der Waals surface area contributed by atoms with E-state index in [1.807, 2.05) is 42.5 Å². The van der Waals surface area contributed by atoms with Gasteiger partial charge in [-0.15, -0.1) is 0 Å². The topological polar surface area (TPSA) is 50.4 Å². The van der Waals surface area contributed by atoms with Crippen LogP contribution in [0.2, 0.25) is 0 Å². The Bertz CT molecular complexity index is 1030. The monoisotopic (exact) mass is 262 g/mol. The van der Waals surface area contributed by atoms with Crippen LogP contribution in [0.3, 0.4) is 0 Å². The minimum absolute atomic E-state index is 0.0497. The van der Waals surface area contributed by atoms with Crippen molar-refractivity contribution in [3.05, 3.63) is 65.0 Å². The van der Waals surface area contributed by atoms with E-state index in [4.69, 9.17) is 4.42 Å². The lowest BCUT2D eigenvalue weighted by Gasteiger charge is -2.06. The molecule has 0 saturated carbocycles. The molecule has 0 unspecified atom stereocenters. The molecule has 1 heterocycles. The molecule has 1 N–H and O–H groups in total. The molecule has 0 amide bonds. The summed E-state index contributed by atoms with van der Waals surface area (Å²) in [6.45, 7) is 0. The fourth-order valence-corrected chi connectivity index (χ4v) is 2.69. The highest BCUT2D eigenvalue weighted by molar-refractivity contribution is 6.14. The van der Waals surface area contributed by atoms with E-state index in [0.29, 0.717) is 11.0 Å². The largest absolute Gasteiger partial charge is 0.507 e. The molecule has 4 rings (SSSR count). The first-order chi connectivity index (χ1) is 9.75. The molecule has 0 bridgehead atoms. The van der Waals surface area contributed by atoms with E-state index in [9.17, 15) is 9.90 Å². The Labute approximate surface area is 113 Å². The van der Waals surface area contributed by atoms with Crippen molar-refractivity contribution in [2.75, 3.05) is 0 Å². The fourth-order valence-electron chi connectivity index (χ4n) is 2.69. The molecule has 1 aromatic heterocycles. The van der Waals surface area contributed by atoms with Gasteiger partial charge in [-0.3, -0.25) is 0 Å². The Hall–Kier alpha value is -2.81. The number of phenols is 1. The summed E-state index contributed by atoms with van der Waals surface area (Å²) in [6.07, 6.45) is 0. The quantitative estimate of drug-likeness (QED) is 0.387. The fraction of sp³-hybridized carbons (Fsp3) is 0.